The van der Waals surface area contributed by atoms with Gasteiger partial charge >= 0.3 is 5.63 Å². The SMILES string of the molecule is CCCC(N)c1cc(C)cc(=O)o1. The van der Waals surface area contributed by atoms with Gasteiger partial charge in [0.15, 0.2) is 0 Å². The van der Waals surface area contributed by atoms with Crippen molar-refractivity contribution in [2.45, 2.75) is 32.7 Å². The quantitative estimate of drug-likeness (QED) is 0.772. The third-order valence-corrected chi connectivity index (χ3v) is 1.90. The van der Waals surface area contributed by atoms with Crippen molar-refractivity contribution in [2.24, 2.45) is 5.73 Å². The molecule has 1 atom stereocenters. The number of rotatable bonds is 3. The Morgan fingerprint density at radius 1 is 1.54 bits per heavy atom. The van der Waals surface area contributed by atoms with Gasteiger partial charge < -0.3 is 10.2 Å². The minimum absolute atomic E-state index is 0.155. The van der Waals surface area contributed by atoms with Crippen LogP contribution in [0.3, 0.4) is 0 Å². The topological polar surface area (TPSA) is 56.2 Å². The molecule has 1 aromatic heterocycles. The number of hydrogen-bond acceptors (Lipinski definition) is 3. The highest BCUT2D eigenvalue weighted by Gasteiger charge is 2.08. The summed E-state index contributed by atoms with van der Waals surface area (Å²) in [4.78, 5) is 11.0. The van der Waals surface area contributed by atoms with Gasteiger partial charge in [-0.1, -0.05) is 13.3 Å². The lowest BCUT2D eigenvalue weighted by molar-refractivity contribution is 0.411. The van der Waals surface area contributed by atoms with Crippen LogP contribution in [0.5, 0.6) is 0 Å². The highest BCUT2D eigenvalue weighted by molar-refractivity contribution is 5.13. The average molecular weight is 181 g/mol. The first kappa shape index (κ1) is 9.99. The largest absolute Gasteiger partial charge is 0.426 e. The van der Waals surface area contributed by atoms with Gasteiger partial charge in [0.2, 0.25) is 0 Å². The van der Waals surface area contributed by atoms with E-state index in [4.69, 9.17) is 10.2 Å². The van der Waals surface area contributed by atoms with Crippen molar-refractivity contribution in [3.8, 4) is 0 Å². The van der Waals surface area contributed by atoms with Crippen LogP contribution in [-0.2, 0) is 0 Å². The molecule has 0 amide bonds. The van der Waals surface area contributed by atoms with E-state index in [0.29, 0.717) is 5.76 Å². The predicted octanol–water partition coefficient (Wildman–Crippen LogP) is 1.75. The van der Waals surface area contributed by atoms with Gasteiger partial charge in [0.25, 0.3) is 0 Å². The summed E-state index contributed by atoms with van der Waals surface area (Å²) in [5.74, 6) is 0.590. The fraction of sp³-hybridized carbons (Fsp3) is 0.500. The van der Waals surface area contributed by atoms with Crippen molar-refractivity contribution < 1.29 is 4.42 Å². The molecule has 0 saturated heterocycles. The van der Waals surface area contributed by atoms with Crippen molar-refractivity contribution in [1.29, 1.82) is 0 Å². The van der Waals surface area contributed by atoms with Crippen LogP contribution >= 0.6 is 0 Å². The molecule has 1 unspecified atom stereocenters. The standard InChI is InChI=1S/C10H15NO2/c1-3-4-8(11)9-5-7(2)6-10(12)13-9/h5-6,8H,3-4,11H2,1-2H3. The molecule has 0 fully saturated rings. The summed E-state index contributed by atoms with van der Waals surface area (Å²) < 4.78 is 4.99. The first-order chi connectivity index (χ1) is 6.13. The number of hydrogen-bond donors (Lipinski definition) is 1. The van der Waals surface area contributed by atoms with E-state index in [1.165, 1.54) is 6.07 Å². The molecule has 2 N–H and O–H groups in total. The minimum atomic E-state index is -0.318. The monoisotopic (exact) mass is 181 g/mol. The fourth-order valence-corrected chi connectivity index (χ4v) is 1.26. The predicted molar refractivity (Wildman–Crippen MR) is 51.6 cm³/mol. The van der Waals surface area contributed by atoms with Gasteiger partial charge in [-0.2, -0.15) is 0 Å². The van der Waals surface area contributed by atoms with E-state index in [2.05, 4.69) is 0 Å². The Hall–Kier alpha value is -1.09. The van der Waals surface area contributed by atoms with E-state index in [1.807, 2.05) is 19.9 Å². The Bertz CT molecular complexity index is 330. The van der Waals surface area contributed by atoms with Crippen LogP contribution in [0.2, 0.25) is 0 Å². The van der Waals surface area contributed by atoms with E-state index in [1.54, 1.807) is 0 Å². The smallest absolute Gasteiger partial charge is 0.336 e. The molecule has 1 heterocycles. The second-order valence-corrected chi connectivity index (χ2v) is 3.25. The average Bonchev–Trinajstić information content (AvgIpc) is 2.03. The maximum Gasteiger partial charge on any atom is 0.336 e. The second-order valence-electron chi connectivity index (χ2n) is 3.25. The molecule has 0 radical (unpaired) electrons. The molecule has 1 rings (SSSR count). The van der Waals surface area contributed by atoms with Gasteiger partial charge in [-0.25, -0.2) is 4.79 Å². The lowest BCUT2D eigenvalue weighted by atomic mass is 10.1. The van der Waals surface area contributed by atoms with E-state index >= 15 is 0 Å². The van der Waals surface area contributed by atoms with Crippen LogP contribution < -0.4 is 11.4 Å². The molecule has 0 aliphatic heterocycles. The van der Waals surface area contributed by atoms with Gasteiger partial charge in [-0.15, -0.1) is 0 Å². The molecule has 3 heteroatoms. The van der Waals surface area contributed by atoms with Crippen LogP contribution in [0.1, 0.15) is 37.1 Å². The third kappa shape index (κ3) is 2.70. The summed E-state index contributed by atoms with van der Waals surface area (Å²) >= 11 is 0. The van der Waals surface area contributed by atoms with Crippen LogP contribution in [0.15, 0.2) is 21.3 Å². The highest BCUT2D eigenvalue weighted by Crippen LogP contribution is 2.14. The lowest BCUT2D eigenvalue weighted by Crippen LogP contribution is -2.13. The summed E-state index contributed by atoms with van der Waals surface area (Å²) in [5, 5.41) is 0. The lowest BCUT2D eigenvalue weighted by Gasteiger charge is -2.08. The van der Waals surface area contributed by atoms with Crippen molar-refractivity contribution in [3.05, 3.63) is 33.9 Å². The molecule has 1 aromatic rings. The Kier molecular flexibility index (Phi) is 3.25. The normalized spacial score (nSPS) is 12.8. The van der Waals surface area contributed by atoms with Crippen LogP contribution in [0, 0.1) is 6.92 Å². The van der Waals surface area contributed by atoms with Crippen LogP contribution in [0.25, 0.3) is 0 Å². The summed E-state index contributed by atoms with van der Waals surface area (Å²) in [5.41, 5.74) is 6.39. The van der Waals surface area contributed by atoms with Crippen molar-refractivity contribution in [1.82, 2.24) is 0 Å². The Labute approximate surface area is 77.6 Å². The highest BCUT2D eigenvalue weighted by atomic mass is 16.4. The first-order valence-electron chi connectivity index (χ1n) is 4.50. The van der Waals surface area contributed by atoms with E-state index in [0.717, 1.165) is 18.4 Å². The molecule has 0 bridgehead atoms. The van der Waals surface area contributed by atoms with Crippen molar-refractivity contribution >= 4 is 0 Å². The Morgan fingerprint density at radius 3 is 2.77 bits per heavy atom. The summed E-state index contributed by atoms with van der Waals surface area (Å²) in [6, 6.07) is 3.13. The summed E-state index contributed by atoms with van der Waals surface area (Å²) in [6.45, 7) is 3.91. The zero-order valence-corrected chi connectivity index (χ0v) is 8.04. The van der Waals surface area contributed by atoms with Gasteiger partial charge in [-0.3, -0.25) is 0 Å². The summed E-state index contributed by atoms with van der Waals surface area (Å²) in [6.07, 6.45) is 1.82. The second kappa shape index (κ2) is 4.23. The van der Waals surface area contributed by atoms with E-state index < -0.39 is 0 Å². The molecule has 13 heavy (non-hydrogen) atoms. The molecule has 0 spiro atoms. The van der Waals surface area contributed by atoms with E-state index in [9.17, 15) is 4.79 Å². The van der Waals surface area contributed by atoms with E-state index in [-0.39, 0.29) is 11.7 Å². The molecular formula is C10H15NO2. The van der Waals surface area contributed by atoms with Gasteiger partial charge in [-0.05, 0) is 25.0 Å². The van der Waals surface area contributed by atoms with Crippen LogP contribution in [-0.4, -0.2) is 0 Å². The Balaban J connectivity index is 2.94. The van der Waals surface area contributed by atoms with Crippen LogP contribution in [0.4, 0.5) is 0 Å². The Morgan fingerprint density at radius 2 is 2.23 bits per heavy atom. The molecular weight excluding hydrogens is 166 g/mol. The van der Waals surface area contributed by atoms with Gasteiger partial charge in [0.05, 0.1) is 6.04 Å². The zero-order valence-electron chi connectivity index (χ0n) is 8.04. The molecule has 0 saturated carbocycles. The number of nitrogens with two attached hydrogens (primary N) is 1. The molecule has 72 valence electrons. The fourth-order valence-electron chi connectivity index (χ4n) is 1.26. The molecule has 0 aromatic carbocycles. The van der Waals surface area contributed by atoms with Crippen molar-refractivity contribution in [2.75, 3.05) is 0 Å². The first-order valence-corrected chi connectivity index (χ1v) is 4.50. The molecule has 0 aliphatic rings. The third-order valence-electron chi connectivity index (χ3n) is 1.90. The zero-order chi connectivity index (χ0) is 9.84. The van der Waals surface area contributed by atoms with Crippen molar-refractivity contribution in [3.63, 3.8) is 0 Å². The van der Waals surface area contributed by atoms with Gasteiger partial charge in [0.1, 0.15) is 5.76 Å². The molecule has 3 nitrogen and oxygen atoms in total. The maximum absolute atomic E-state index is 11.0. The summed E-state index contributed by atoms with van der Waals surface area (Å²) in [7, 11) is 0. The maximum atomic E-state index is 11.0. The number of aryl methyl sites for hydroxylation is 1. The van der Waals surface area contributed by atoms with Gasteiger partial charge in [0, 0.05) is 6.07 Å². The minimum Gasteiger partial charge on any atom is -0.426 e. The molecule has 0 aliphatic carbocycles.